The smallest absolute Gasteiger partial charge is 0.355 e. The van der Waals surface area contributed by atoms with Gasteiger partial charge in [-0.25, -0.2) is 9.97 Å². The van der Waals surface area contributed by atoms with Gasteiger partial charge >= 0.3 is 5.69 Å². The van der Waals surface area contributed by atoms with E-state index in [1.165, 1.54) is 30.9 Å². The predicted octanol–water partition coefficient (Wildman–Crippen LogP) is 2.52. The minimum atomic E-state index is -0.556. The van der Waals surface area contributed by atoms with Crippen molar-refractivity contribution >= 4 is 40.5 Å². The molecule has 4 rings (SSSR count). The molecule has 0 bridgehead atoms. The van der Waals surface area contributed by atoms with Crippen molar-refractivity contribution in [3.05, 3.63) is 75.8 Å². The lowest BCUT2D eigenvalue weighted by atomic mass is 10.2. The number of nitrogens with one attached hydrogen (secondary N) is 2. The van der Waals surface area contributed by atoms with Crippen molar-refractivity contribution in [3.8, 4) is 0 Å². The van der Waals surface area contributed by atoms with Crippen molar-refractivity contribution in [1.29, 1.82) is 0 Å². The van der Waals surface area contributed by atoms with Gasteiger partial charge in [0.1, 0.15) is 6.33 Å². The molecule has 1 saturated heterocycles. The summed E-state index contributed by atoms with van der Waals surface area (Å²) in [5.41, 5.74) is 6.01. The Kier molecular flexibility index (Phi) is 6.26. The molecule has 1 aliphatic rings. The van der Waals surface area contributed by atoms with E-state index in [4.69, 9.17) is 11.6 Å². The van der Waals surface area contributed by atoms with Crippen molar-refractivity contribution < 1.29 is 9.72 Å². The molecule has 164 valence electrons. The van der Waals surface area contributed by atoms with Gasteiger partial charge in [0.25, 0.3) is 5.91 Å². The maximum Gasteiger partial charge on any atom is 0.355 e. The first-order valence-electron chi connectivity index (χ1n) is 9.74. The number of amides is 1. The largest absolute Gasteiger partial charge is 0.368 e. The fraction of sp³-hybridized carbons (Fsp3) is 0.200. The van der Waals surface area contributed by atoms with Crippen LogP contribution in [0.4, 0.5) is 23.0 Å². The molecule has 1 aliphatic heterocycles. The van der Waals surface area contributed by atoms with Crippen molar-refractivity contribution in [2.75, 3.05) is 41.4 Å². The molecule has 2 N–H and O–H groups in total. The minimum Gasteiger partial charge on any atom is -0.368 e. The van der Waals surface area contributed by atoms with E-state index in [0.29, 0.717) is 36.8 Å². The Bertz CT molecular complexity index is 1120. The number of nitrogens with zero attached hydrogens (tertiary/aromatic N) is 6. The lowest BCUT2D eigenvalue weighted by Gasteiger charge is -2.36. The highest BCUT2D eigenvalue weighted by atomic mass is 35.5. The quantitative estimate of drug-likeness (QED) is 0.426. The maximum absolute atomic E-state index is 12.2. The average molecular weight is 455 g/mol. The molecule has 1 aromatic carbocycles. The number of pyridine rings is 1. The van der Waals surface area contributed by atoms with E-state index in [0.717, 1.165) is 5.69 Å². The summed E-state index contributed by atoms with van der Waals surface area (Å²) >= 11 is 6.08. The summed E-state index contributed by atoms with van der Waals surface area (Å²) in [4.78, 5) is 39.5. The van der Waals surface area contributed by atoms with Crippen LogP contribution in [0.5, 0.6) is 0 Å². The molecule has 1 fully saturated rings. The molecule has 12 heteroatoms. The summed E-state index contributed by atoms with van der Waals surface area (Å²) in [6.45, 7) is 2.33. The number of hydrogen-bond acceptors (Lipinski definition) is 9. The molecule has 2 aromatic heterocycles. The second-order valence-electron chi connectivity index (χ2n) is 6.92. The first-order chi connectivity index (χ1) is 15.5. The Morgan fingerprint density at radius 2 is 1.78 bits per heavy atom. The minimum absolute atomic E-state index is 0.0975. The van der Waals surface area contributed by atoms with Crippen LogP contribution in [0.25, 0.3) is 0 Å². The zero-order valence-electron chi connectivity index (χ0n) is 16.8. The van der Waals surface area contributed by atoms with Crippen LogP contribution in [0.2, 0.25) is 5.02 Å². The van der Waals surface area contributed by atoms with E-state index < -0.39 is 10.8 Å². The zero-order valence-corrected chi connectivity index (χ0v) is 17.6. The average Bonchev–Trinajstić information content (AvgIpc) is 2.83. The van der Waals surface area contributed by atoms with Gasteiger partial charge in [0.15, 0.2) is 0 Å². The van der Waals surface area contributed by atoms with Gasteiger partial charge in [-0.1, -0.05) is 17.7 Å². The fourth-order valence-electron chi connectivity index (χ4n) is 3.40. The predicted molar refractivity (Wildman–Crippen MR) is 120 cm³/mol. The molecule has 1 amide bonds. The Labute approximate surface area is 188 Å². The van der Waals surface area contributed by atoms with Crippen LogP contribution in [0.3, 0.4) is 0 Å². The van der Waals surface area contributed by atoms with Gasteiger partial charge in [0, 0.05) is 54.8 Å². The summed E-state index contributed by atoms with van der Waals surface area (Å²) in [6.07, 6.45) is 4.18. The zero-order chi connectivity index (χ0) is 22.5. The summed E-state index contributed by atoms with van der Waals surface area (Å²) in [5.74, 6) is -0.381. The monoisotopic (exact) mass is 454 g/mol. The molecule has 0 spiro atoms. The standard InChI is InChI=1S/C20H19ClN8O3/c21-15-2-1-3-16(12-15)27-8-10-28(11-9-27)19-17(29(31)32)18(23-13-24-19)25-26-20(30)14-4-6-22-7-5-14/h1-7,12-13H,8-11H2,(H,26,30)(H,23,24,25). The highest BCUT2D eigenvalue weighted by molar-refractivity contribution is 6.30. The molecular weight excluding hydrogens is 436 g/mol. The van der Waals surface area contributed by atoms with E-state index in [-0.39, 0.29) is 17.3 Å². The Morgan fingerprint density at radius 1 is 1.06 bits per heavy atom. The van der Waals surface area contributed by atoms with Gasteiger partial charge in [-0.2, -0.15) is 0 Å². The number of piperazine rings is 1. The third kappa shape index (κ3) is 4.67. The van der Waals surface area contributed by atoms with E-state index in [2.05, 4.69) is 30.7 Å². The summed E-state index contributed by atoms with van der Waals surface area (Å²) < 4.78 is 0. The number of aromatic nitrogens is 3. The number of carbonyl (C=O) groups excluding carboxylic acids is 1. The molecule has 11 nitrogen and oxygen atoms in total. The topological polar surface area (TPSA) is 129 Å². The van der Waals surface area contributed by atoms with Gasteiger partial charge in [0.05, 0.1) is 4.92 Å². The van der Waals surface area contributed by atoms with Gasteiger partial charge in [0.2, 0.25) is 11.6 Å². The molecular formula is C20H19ClN8O3. The maximum atomic E-state index is 12.2. The van der Waals surface area contributed by atoms with Crippen LogP contribution in [0.15, 0.2) is 55.1 Å². The summed E-state index contributed by atoms with van der Waals surface area (Å²) in [5, 5.41) is 12.5. The van der Waals surface area contributed by atoms with Gasteiger partial charge in [-0.3, -0.25) is 30.7 Å². The summed E-state index contributed by atoms with van der Waals surface area (Å²) in [7, 11) is 0. The van der Waals surface area contributed by atoms with Crippen LogP contribution in [0.1, 0.15) is 10.4 Å². The molecule has 0 saturated carbocycles. The number of rotatable bonds is 6. The second kappa shape index (κ2) is 9.43. The highest BCUT2D eigenvalue weighted by Gasteiger charge is 2.29. The number of nitro groups is 1. The van der Waals surface area contributed by atoms with Crippen molar-refractivity contribution in [2.24, 2.45) is 0 Å². The molecule has 0 aliphatic carbocycles. The van der Waals surface area contributed by atoms with E-state index in [1.54, 1.807) is 0 Å². The van der Waals surface area contributed by atoms with Gasteiger partial charge in [-0.15, -0.1) is 0 Å². The molecule has 0 atom stereocenters. The van der Waals surface area contributed by atoms with Crippen molar-refractivity contribution in [3.63, 3.8) is 0 Å². The van der Waals surface area contributed by atoms with Crippen LogP contribution < -0.4 is 20.7 Å². The number of carbonyl (C=O) groups is 1. The molecule has 32 heavy (non-hydrogen) atoms. The molecule has 3 aromatic rings. The van der Waals surface area contributed by atoms with Crippen molar-refractivity contribution in [2.45, 2.75) is 0 Å². The fourth-order valence-corrected chi connectivity index (χ4v) is 3.59. The normalized spacial score (nSPS) is 13.5. The third-order valence-electron chi connectivity index (χ3n) is 4.98. The van der Waals surface area contributed by atoms with Crippen LogP contribution >= 0.6 is 11.6 Å². The van der Waals surface area contributed by atoms with Gasteiger partial charge in [-0.05, 0) is 30.3 Å². The van der Waals surface area contributed by atoms with Crippen LogP contribution in [-0.4, -0.2) is 52.0 Å². The SMILES string of the molecule is O=C(NNc1ncnc(N2CCN(c3cccc(Cl)c3)CC2)c1[N+](=O)[O-])c1ccncc1. The molecule has 0 unspecified atom stereocenters. The number of benzene rings is 1. The van der Waals surface area contributed by atoms with Crippen molar-refractivity contribution in [1.82, 2.24) is 20.4 Å². The molecule has 0 radical (unpaired) electrons. The van der Waals surface area contributed by atoms with E-state index in [1.807, 2.05) is 29.2 Å². The first kappa shape index (κ1) is 21.2. The number of hydrogen-bond donors (Lipinski definition) is 2. The van der Waals surface area contributed by atoms with Crippen LogP contribution in [0, 0.1) is 10.1 Å². The Hall–Kier alpha value is -3.99. The van der Waals surface area contributed by atoms with E-state index in [9.17, 15) is 14.9 Å². The lowest BCUT2D eigenvalue weighted by molar-refractivity contribution is -0.383. The Balaban J connectivity index is 1.48. The second-order valence-corrected chi connectivity index (χ2v) is 7.36. The van der Waals surface area contributed by atoms with Crippen LogP contribution in [-0.2, 0) is 0 Å². The first-order valence-corrected chi connectivity index (χ1v) is 10.1. The third-order valence-corrected chi connectivity index (χ3v) is 5.21. The highest BCUT2D eigenvalue weighted by Crippen LogP contribution is 2.32. The Morgan fingerprint density at radius 3 is 2.47 bits per heavy atom. The number of halogens is 1. The number of anilines is 3. The number of hydrazine groups is 1. The van der Waals surface area contributed by atoms with Gasteiger partial charge < -0.3 is 9.80 Å². The van der Waals surface area contributed by atoms with E-state index >= 15 is 0 Å². The molecule has 3 heterocycles. The lowest BCUT2D eigenvalue weighted by Crippen LogP contribution is -2.47. The summed E-state index contributed by atoms with van der Waals surface area (Å²) in [6, 6.07) is 10.6.